The number of hydrogen-bond donors (Lipinski definition) is 1. The maximum atomic E-state index is 12.9. The molecule has 2 aromatic carbocycles. The second kappa shape index (κ2) is 9.21. The Morgan fingerprint density at radius 2 is 1.83 bits per heavy atom. The number of amides is 1. The monoisotopic (exact) mass is 438 g/mol. The Balaban J connectivity index is 1.64. The van der Waals surface area contributed by atoms with Gasteiger partial charge in [-0.3, -0.25) is 9.10 Å². The Kier molecular flexibility index (Phi) is 6.66. The molecule has 1 heterocycles. The van der Waals surface area contributed by atoms with Gasteiger partial charge in [0.05, 0.1) is 18.5 Å². The van der Waals surface area contributed by atoms with Crippen molar-refractivity contribution in [3.63, 3.8) is 0 Å². The standard InChI is InChI=1S/C20H23FN2O6S/c1-14(20(24)22-9-10-27-17-6-3-15(21)4-7-17)23(30(2,25)26)16-5-8-18-19(13-16)29-12-11-28-18/h3-8,13-14H,9-12H2,1-2H3,(H,22,24)/t14-/m0/s1. The van der Waals surface area contributed by atoms with Gasteiger partial charge >= 0.3 is 0 Å². The largest absolute Gasteiger partial charge is 0.492 e. The summed E-state index contributed by atoms with van der Waals surface area (Å²) in [7, 11) is -3.76. The van der Waals surface area contributed by atoms with Crippen LogP contribution >= 0.6 is 0 Å². The fourth-order valence-electron chi connectivity index (χ4n) is 3.00. The third-order valence-corrected chi connectivity index (χ3v) is 5.59. The second-order valence-corrected chi connectivity index (χ2v) is 8.52. The summed E-state index contributed by atoms with van der Waals surface area (Å²) in [6.45, 7) is 2.57. The Hall–Kier alpha value is -3.01. The second-order valence-electron chi connectivity index (χ2n) is 6.66. The number of hydrogen-bond acceptors (Lipinski definition) is 6. The Labute approximate surface area is 174 Å². The predicted molar refractivity (Wildman–Crippen MR) is 109 cm³/mol. The third kappa shape index (κ3) is 5.32. The van der Waals surface area contributed by atoms with E-state index in [0.717, 1.165) is 10.6 Å². The van der Waals surface area contributed by atoms with E-state index in [-0.39, 0.29) is 19.0 Å². The molecule has 0 radical (unpaired) electrons. The summed E-state index contributed by atoms with van der Waals surface area (Å²) >= 11 is 0. The molecule has 1 aliphatic rings. The minimum absolute atomic E-state index is 0.146. The number of rotatable bonds is 8. The van der Waals surface area contributed by atoms with Crippen molar-refractivity contribution in [2.75, 3.05) is 36.9 Å². The number of nitrogens with zero attached hydrogens (tertiary/aromatic N) is 1. The third-order valence-electron chi connectivity index (χ3n) is 4.35. The molecule has 0 unspecified atom stereocenters. The summed E-state index contributed by atoms with van der Waals surface area (Å²) in [5.41, 5.74) is 0.298. The smallest absolute Gasteiger partial charge is 0.243 e. The quantitative estimate of drug-likeness (QED) is 0.633. The molecular weight excluding hydrogens is 415 g/mol. The molecule has 162 valence electrons. The highest BCUT2D eigenvalue weighted by molar-refractivity contribution is 7.92. The summed E-state index contributed by atoms with van der Waals surface area (Å²) in [6, 6.07) is 9.21. The van der Waals surface area contributed by atoms with Crippen molar-refractivity contribution in [2.45, 2.75) is 13.0 Å². The summed E-state index contributed by atoms with van der Waals surface area (Å²) in [5, 5.41) is 2.65. The fraction of sp³-hybridized carbons (Fsp3) is 0.350. The van der Waals surface area contributed by atoms with Crippen molar-refractivity contribution in [1.29, 1.82) is 0 Å². The topological polar surface area (TPSA) is 94.2 Å². The minimum atomic E-state index is -3.76. The summed E-state index contributed by atoms with van der Waals surface area (Å²) in [5.74, 6) is 0.552. The number of carbonyl (C=O) groups excluding carboxylic acids is 1. The van der Waals surface area contributed by atoms with Crippen molar-refractivity contribution in [2.24, 2.45) is 0 Å². The van der Waals surface area contributed by atoms with Gasteiger partial charge in [0.2, 0.25) is 15.9 Å². The minimum Gasteiger partial charge on any atom is -0.492 e. The number of fused-ring (bicyclic) bond motifs is 1. The zero-order valence-corrected chi connectivity index (χ0v) is 17.4. The molecule has 10 heteroatoms. The van der Waals surface area contributed by atoms with Crippen molar-refractivity contribution in [3.8, 4) is 17.2 Å². The van der Waals surface area contributed by atoms with E-state index in [1.165, 1.54) is 37.3 Å². The maximum absolute atomic E-state index is 12.9. The molecule has 1 N–H and O–H groups in total. The molecule has 0 aliphatic carbocycles. The first-order chi connectivity index (χ1) is 14.3. The highest BCUT2D eigenvalue weighted by atomic mass is 32.2. The van der Waals surface area contributed by atoms with Crippen LogP contribution in [0.1, 0.15) is 6.92 Å². The Bertz CT molecular complexity index is 997. The van der Waals surface area contributed by atoms with Crippen LogP contribution in [-0.4, -0.2) is 53.0 Å². The van der Waals surface area contributed by atoms with Crippen LogP contribution in [-0.2, 0) is 14.8 Å². The van der Waals surface area contributed by atoms with Crippen molar-refractivity contribution < 1.29 is 31.8 Å². The molecule has 8 nitrogen and oxygen atoms in total. The maximum Gasteiger partial charge on any atom is 0.243 e. The lowest BCUT2D eigenvalue weighted by Gasteiger charge is -2.29. The van der Waals surface area contributed by atoms with Gasteiger partial charge in [0, 0.05) is 6.07 Å². The van der Waals surface area contributed by atoms with E-state index in [4.69, 9.17) is 14.2 Å². The highest BCUT2D eigenvalue weighted by Gasteiger charge is 2.30. The van der Waals surface area contributed by atoms with Crippen LogP contribution in [0.3, 0.4) is 0 Å². The van der Waals surface area contributed by atoms with E-state index >= 15 is 0 Å². The molecule has 0 aromatic heterocycles. The van der Waals surface area contributed by atoms with Gasteiger partial charge in [-0.2, -0.15) is 0 Å². The van der Waals surface area contributed by atoms with E-state index < -0.39 is 22.0 Å². The first-order valence-corrected chi connectivity index (χ1v) is 11.2. The first-order valence-electron chi connectivity index (χ1n) is 9.31. The van der Waals surface area contributed by atoms with Gasteiger partial charge in [-0.15, -0.1) is 0 Å². The number of anilines is 1. The summed E-state index contributed by atoms with van der Waals surface area (Å²) in [6.07, 6.45) is 1.03. The van der Waals surface area contributed by atoms with Gasteiger partial charge in [0.25, 0.3) is 0 Å². The first kappa shape index (κ1) is 21.7. The van der Waals surface area contributed by atoms with Crippen LogP contribution in [0.25, 0.3) is 0 Å². The molecule has 1 aliphatic heterocycles. The lowest BCUT2D eigenvalue weighted by molar-refractivity contribution is -0.121. The number of ether oxygens (including phenoxy) is 3. The predicted octanol–water partition coefficient (Wildman–Crippen LogP) is 1.95. The molecule has 2 aromatic rings. The Morgan fingerprint density at radius 1 is 1.17 bits per heavy atom. The van der Waals surface area contributed by atoms with Crippen LogP contribution in [0.2, 0.25) is 0 Å². The van der Waals surface area contributed by atoms with Gasteiger partial charge in [-0.05, 0) is 43.3 Å². The number of benzene rings is 2. The van der Waals surface area contributed by atoms with Crippen LogP contribution in [0.15, 0.2) is 42.5 Å². The number of nitrogens with one attached hydrogen (secondary N) is 1. The van der Waals surface area contributed by atoms with Crippen molar-refractivity contribution in [1.82, 2.24) is 5.32 Å². The van der Waals surface area contributed by atoms with Gasteiger partial charge in [0.15, 0.2) is 11.5 Å². The average molecular weight is 438 g/mol. The number of halogens is 1. The normalized spacial score (nSPS) is 14.0. The van der Waals surface area contributed by atoms with Gasteiger partial charge < -0.3 is 19.5 Å². The van der Waals surface area contributed by atoms with Crippen molar-refractivity contribution in [3.05, 3.63) is 48.3 Å². The van der Waals surface area contributed by atoms with Gasteiger partial charge in [0.1, 0.15) is 37.4 Å². The molecule has 30 heavy (non-hydrogen) atoms. The number of carbonyl (C=O) groups is 1. The summed E-state index contributed by atoms with van der Waals surface area (Å²) in [4.78, 5) is 12.6. The van der Waals surface area contributed by atoms with Gasteiger partial charge in [-0.25, -0.2) is 12.8 Å². The molecule has 1 amide bonds. The van der Waals surface area contributed by atoms with E-state index in [1.807, 2.05) is 0 Å². The van der Waals surface area contributed by atoms with Crippen molar-refractivity contribution >= 4 is 21.6 Å². The molecule has 0 spiro atoms. The van der Waals surface area contributed by atoms with Crippen LogP contribution in [0.4, 0.5) is 10.1 Å². The lowest BCUT2D eigenvalue weighted by atomic mass is 10.2. The molecule has 3 rings (SSSR count). The van der Waals surface area contributed by atoms with E-state index in [1.54, 1.807) is 12.1 Å². The highest BCUT2D eigenvalue weighted by Crippen LogP contribution is 2.35. The fourth-order valence-corrected chi connectivity index (χ4v) is 4.17. The van der Waals surface area contributed by atoms with E-state index in [2.05, 4.69) is 5.32 Å². The molecule has 0 fully saturated rings. The average Bonchev–Trinajstić information content (AvgIpc) is 2.71. The number of sulfonamides is 1. The Morgan fingerprint density at radius 3 is 2.50 bits per heavy atom. The van der Waals surface area contributed by atoms with Crippen LogP contribution in [0.5, 0.6) is 17.2 Å². The zero-order chi connectivity index (χ0) is 21.7. The van der Waals surface area contributed by atoms with Crippen LogP contribution < -0.4 is 23.8 Å². The SMILES string of the molecule is C[C@@H](C(=O)NCCOc1ccc(F)cc1)N(c1ccc2c(c1)OCCO2)S(C)(=O)=O. The van der Waals surface area contributed by atoms with E-state index in [9.17, 15) is 17.6 Å². The molecular formula is C20H23FN2O6S. The molecule has 1 atom stereocenters. The molecule has 0 saturated heterocycles. The molecule has 0 saturated carbocycles. The summed E-state index contributed by atoms with van der Waals surface area (Å²) < 4.78 is 55.1. The van der Waals surface area contributed by atoms with Gasteiger partial charge in [-0.1, -0.05) is 0 Å². The zero-order valence-electron chi connectivity index (χ0n) is 16.6. The molecule has 0 bridgehead atoms. The van der Waals surface area contributed by atoms with Crippen LogP contribution in [0, 0.1) is 5.82 Å². The lowest BCUT2D eigenvalue weighted by Crippen LogP contribution is -2.48. The van der Waals surface area contributed by atoms with E-state index in [0.29, 0.717) is 36.1 Å².